The lowest BCUT2D eigenvalue weighted by Gasteiger charge is -2.14. The molecule has 1 aromatic carbocycles. The van der Waals surface area contributed by atoms with Crippen LogP contribution in [0.4, 0.5) is 5.69 Å². The van der Waals surface area contributed by atoms with Crippen molar-refractivity contribution in [1.29, 1.82) is 0 Å². The molecule has 0 aliphatic heterocycles. The number of hydrogen-bond acceptors (Lipinski definition) is 7. The van der Waals surface area contributed by atoms with Gasteiger partial charge in [0, 0.05) is 18.1 Å². The van der Waals surface area contributed by atoms with Crippen molar-refractivity contribution in [1.82, 2.24) is 4.72 Å². The van der Waals surface area contributed by atoms with Crippen molar-refractivity contribution in [2.45, 2.75) is 22.0 Å². The average Bonchev–Trinajstić information content (AvgIpc) is 2.43. The first-order valence-corrected chi connectivity index (χ1v) is 10.6. The molecule has 4 N–H and O–H groups in total. The van der Waals surface area contributed by atoms with Crippen LogP contribution in [-0.4, -0.2) is 41.1 Å². The molecule has 1 rings (SSSR count). The van der Waals surface area contributed by atoms with Gasteiger partial charge in [-0.25, -0.2) is 21.6 Å². The Morgan fingerprint density at radius 3 is 2.38 bits per heavy atom. The van der Waals surface area contributed by atoms with Gasteiger partial charge in [-0.3, -0.25) is 5.84 Å². The summed E-state index contributed by atoms with van der Waals surface area (Å²) in [5.74, 6) is 5.29. The molecule has 0 spiro atoms. The summed E-state index contributed by atoms with van der Waals surface area (Å²) in [6, 6.07) is 3.72. The number of hydrogen-bond donors (Lipinski definition) is 3. The summed E-state index contributed by atoms with van der Waals surface area (Å²) < 4.78 is 50.1. The van der Waals surface area contributed by atoms with Gasteiger partial charge in [0.2, 0.25) is 10.0 Å². The highest BCUT2D eigenvalue weighted by Gasteiger charge is 2.21. The largest absolute Gasteiger partial charge is 0.323 e. The van der Waals surface area contributed by atoms with Crippen LogP contribution in [0.15, 0.2) is 28.0 Å². The second-order valence-electron chi connectivity index (χ2n) is 4.47. The highest BCUT2D eigenvalue weighted by molar-refractivity contribution is 7.99. The Bertz CT molecular complexity index is 701. The highest BCUT2D eigenvalue weighted by Crippen LogP contribution is 2.24. The average molecular weight is 353 g/mol. The molecule has 0 bridgehead atoms. The molecule has 1 aromatic rings. The van der Waals surface area contributed by atoms with E-state index in [1.807, 2.05) is 13.2 Å². The number of hydrazine groups is 1. The number of nitrogen functional groups attached to an aromatic ring is 1. The summed E-state index contributed by atoms with van der Waals surface area (Å²) in [6.45, 7) is 2.11. The van der Waals surface area contributed by atoms with Crippen molar-refractivity contribution in [3.63, 3.8) is 0 Å². The minimum absolute atomic E-state index is 0.0835. The van der Waals surface area contributed by atoms with Crippen LogP contribution in [0.2, 0.25) is 0 Å². The first kappa shape index (κ1) is 18.2. The second-order valence-corrected chi connectivity index (χ2v) is 9.50. The van der Waals surface area contributed by atoms with Gasteiger partial charge in [0.25, 0.3) is 0 Å². The quantitative estimate of drug-likeness (QED) is 0.480. The Morgan fingerprint density at radius 1 is 1.29 bits per heavy atom. The highest BCUT2D eigenvalue weighted by atomic mass is 32.2. The van der Waals surface area contributed by atoms with Gasteiger partial charge in [0.05, 0.1) is 10.6 Å². The zero-order valence-corrected chi connectivity index (χ0v) is 14.4. The number of nitrogens with two attached hydrogens (primary N) is 1. The van der Waals surface area contributed by atoms with E-state index in [1.54, 1.807) is 0 Å². The predicted octanol–water partition coefficient (Wildman–Crippen LogP) is 0.406. The van der Waals surface area contributed by atoms with Crippen LogP contribution in [0, 0.1) is 0 Å². The zero-order valence-electron chi connectivity index (χ0n) is 12.0. The Hall–Kier alpha value is -0.810. The minimum atomic E-state index is -3.86. The van der Waals surface area contributed by atoms with E-state index >= 15 is 0 Å². The minimum Gasteiger partial charge on any atom is -0.323 e. The topological polar surface area (TPSA) is 118 Å². The first-order chi connectivity index (χ1) is 9.61. The standard InChI is InChI=1S/C11H19N3O4S3/c1-8(19-2)7-13-21(17,18)11-6-9(20(3,15)16)4-5-10(11)14-12/h4-6,8,13-14H,7,12H2,1-3H3. The van der Waals surface area contributed by atoms with Gasteiger partial charge >= 0.3 is 0 Å². The molecule has 120 valence electrons. The molecular weight excluding hydrogens is 334 g/mol. The van der Waals surface area contributed by atoms with Crippen LogP contribution < -0.4 is 16.0 Å². The van der Waals surface area contributed by atoms with E-state index in [2.05, 4.69) is 10.1 Å². The van der Waals surface area contributed by atoms with Crippen LogP contribution in [-0.2, 0) is 19.9 Å². The number of thioether (sulfide) groups is 1. The van der Waals surface area contributed by atoms with Crippen molar-refractivity contribution < 1.29 is 16.8 Å². The molecule has 0 saturated carbocycles. The van der Waals surface area contributed by atoms with E-state index in [-0.39, 0.29) is 27.3 Å². The molecule has 0 fully saturated rings. The maximum atomic E-state index is 12.3. The monoisotopic (exact) mass is 353 g/mol. The fourth-order valence-corrected chi connectivity index (χ4v) is 3.86. The third-order valence-corrected chi connectivity index (χ3v) is 6.33. The Kier molecular flexibility index (Phi) is 6.05. The molecular formula is C11H19N3O4S3. The third-order valence-electron chi connectivity index (χ3n) is 2.79. The summed E-state index contributed by atoms with van der Waals surface area (Å²) in [5, 5.41) is 0.0900. The Labute approximate surface area is 129 Å². The van der Waals surface area contributed by atoms with Gasteiger partial charge in [-0.1, -0.05) is 6.92 Å². The van der Waals surface area contributed by atoms with Gasteiger partial charge in [0.1, 0.15) is 4.90 Å². The van der Waals surface area contributed by atoms with Gasteiger partial charge in [-0.05, 0) is 24.5 Å². The lowest BCUT2D eigenvalue weighted by atomic mass is 10.3. The van der Waals surface area contributed by atoms with Crippen molar-refractivity contribution in [2.24, 2.45) is 5.84 Å². The molecule has 0 saturated heterocycles. The molecule has 0 radical (unpaired) electrons. The summed E-state index contributed by atoms with van der Waals surface area (Å²) in [4.78, 5) is -0.277. The van der Waals surface area contributed by atoms with E-state index in [4.69, 9.17) is 5.84 Å². The van der Waals surface area contributed by atoms with Crippen molar-refractivity contribution in [3.8, 4) is 0 Å². The number of nitrogens with one attached hydrogen (secondary N) is 2. The second kappa shape index (κ2) is 6.97. The number of anilines is 1. The Morgan fingerprint density at radius 2 is 1.90 bits per heavy atom. The molecule has 0 aromatic heterocycles. The van der Waals surface area contributed by atoms with Crippen LogP contribution in [0.3, 0.4) is 0 Å². The van der Waals surface area contributed by atoms with Crippen molar-refractivity contribution in [3.05, 3.63) is 18.2 Å². The normalized spacial score (nSPS) is 13.9. The molecule has 1 unspecified atom stereocenters. The van der Waals surface area contributed by atoms with Gasteiger partial charge in [-0.2, -0.15) is 11.8 Å². The zero-order chi connectivity index (χ0) is 16.3. The van der Waals surface area contributed by atoms with E-state index in [0.29, 0.717) is 0 Å². The maximum Gasteiger partial charge on any atom is 0.242 e. The molecule has 0 aliphatic rings. The summed E-state index contributed by atoms with van der Waals surface area (Å²) >= 11 is 1.51. The number of sulfone groups is 1. The van der Waals surface area contributed by atoms with Gasteiger partial charge in [-0.15, -0.1) is 0 Å². The van der Waals surface area contributed by atoms with Crippen LogP contribution >= 0.6 is 11.8 Å². The SMILES string of the molecule is CSC(C)CNS(=O)(=O)c1cc(S(C)(=O)=O)ccc1NN. The number of benzene rings is 1. The van der Waals surface area contributed by atoms with Crippen LogP contribution in [0.25, 0.3) is 0 Å². The van der Waals surface area contributed by atoms with E-state index in [1.165, 1.54) is 23.9 Å². The van der Waals surface area contributed by atoms with Gasteiger partial charge < -0.3 is 5.43 Å². The maximum absolute atomic E-state index is 12.3. The van der Waals surface area contributed by atoms with E-state index in [0.717, 1.165) is 12.3 Å². The predicted molar refractivity (Wildman–Crippen MR) is 85.5 cm³/mol. The summed E-state index contributed by atoms with van der Waals surface area (Å²) in [6.07, 6.45) is 2.88. The van der Waals surface area contributed by atoms with Crippen LogP contribution in [0.1, 0.15) is 6.92 Å². The summed E-state index contributed by atoms with van der Waals surface area (Å²) in [7, 11) is -7.37. The molecule has 7 nitrogen and oxygen atoms in total. The third kappa shape index (κ3) is 4.85. The lowest BCUT2D eigenvalue weighted by molar-refractivity contribution is 0.581. The van der Waals surface area contributed by atoms with E-state index in [9.17, 15) is 16.8 Å². The smallest absolute Gasteiger partial charge is 0.242 e. The molecule has 1 atom stereocenters. The van der Waals surface area contributed by atoms with Gasteiger partial charge in [0.15, 0.2) is 9.84 Å². The molecule has 0 amide bonds. The number of rotatable bonds is 7. The fraction of sp³-hybridized carbons (Fsp3) is 0.455. The molecule has 10 heteroatoms. The fourth-order valence-electron chi connectivity index (χ4n) is 1.46. The Balaban J connectivity index is 3.26. The van der Waals surface area contributed by atoms with E-state index < -0.39 is 19.9 Å². The molecule has 0 aliphatic carbocycles. The summed E-state index contributed by atoms with van der Waals surface area (Å²) in [5.41, 5.74) is 2.39. The lowest BCUT2D eigenvalue weighted by Crippen LogP contribution is -2.30. The van der Waals surface area contributed by atoms with Crippen molar-refractivity contribution in [2.75, 3.05) is 24.5 Å². The van der Waals surface area contributed by atoms with Crippen LogP contribution in [0.5, 0.6) is 0 Å². The molecule has 0 heterocycles. The molecule has 21 heavy (non-hydrogen) atoms. The number of sulfonamides is 1. The first-order valence-electron chi connectivity index (χ1n) is 5.95. The van der Waals surface area contributed by atoms with Crippen molar-refractivity contribution >= 4 is 37.3 Å².